The Hall–Kier alpha value is -1.44. The Morgan fingerprint density at radius 3 is 2.95 bits per heavy atom. The van der Waals surface area contributed by atoms with E-state index in [4.69, 9.17) is 9.84 Å². The van der Waals surface area contributed by atoms with Crippen molar-refractivity contribution < 1.29 is 14.6 Å². The van der Waals surface area contributed by atoms with Crippen LogP contribution in [0.4, 0.5) is 5.13 Å². The topological polar surface area (TPSA) is 62.7 Å². The Bertz CT molecular complexity index is 602. The first-order chi connectivity index (χ1) is 9.72. The smallest absolute Gasteiger partial charge is 0.308 e. The van der Waals surface area contributed by atoms with Gasteiger partial charge in [0, 0.05) is 23.3 Å². The van der Waals surface area contributed by atoms with Crippen LogP contribution in [0, 0.1) is 0 Å². The molecule has 20 heavy (non-hydrogen) atoms. The number of thiazole rings is 1. The molecule has 2 aromatic heterocycles. The predicted octanol–water partition coefficient (Wildman–Crippen LogP) is 2.34. The van der Waals surface area contributed by atoms with Crippen LogP contribution in [0.2, 0.25) is 0 Å². The SMILES string of the molecule is O=C(O)Cc1ccc(-c2csc(N3CCOCC3)n2)s1. The zero-order valence-electron chi connectivity index (χ0n) is 10.7. The Morgan fingerprint density at radius 1 is 1.40 bits per heavy atom. The van der Waals surface area contributed by atoms with Crippen LogP contribution in [-0.2, 0) is 16.0 Å². The molecule has 5 nitrogen and oxygen atoms in total. The van der Waals surface area contributed by atoms with Crippen molar-refractivity contribution in [1.82, 2.24) is 4.98 Å². The molecule has 1 aliphatic rings. The molecule has 0 aliphatic carbocycles. The molecule has 0 aromatic carbocycles. The molecule has 0 unspecified atom stereocenters. The van der Waals surface area contributed by atoms with Gasteiger partial charge >= 0.3 is 5.97 Å². The molecule has 7 heteroatoms. The fraction of sp³-hybridized carbons (Fsp3) is 0.385. The summed E-state index contributed by atoms with van der Waals surface area (Å²) < 4.78 is 5.33. The summed E-state index contributed by atoms with van der Waals surface area (Å²) in [5, 5.41) is 11.8. The predicted molar refractivity (Wildman–Crippen MR) is 79.8 cm³/mol. The van der Waals surface area contributed by atoms with Crippen LogP contribution in [0.15, 0.2) is 17.5 Å². The zero-order chi connectivity index (χ0) is 13.9. The number of aromatic nitrogens is 1. The highest BCUT2D eigenvalue weighted by Gasteiger charge is 2.16. The van der Waals surface area contributed by atoms with Crippen LogP contribution in [0.3, 0.4) is 0 Å². The third-order valence-corrected chi connectivity index (χ3v) is 5.02. The molecule has 1 aliphatic heterocycles. The van der Waals surface area contributed by atoms with E-state index in [1.165, 1.54) is 11.3 Å². The van der Waals surface area contributed by atoms with Crippen molar-refractivity contribution in [2.24, 2.45) is 0 Å². The molecule has 1 saturated heterocycles. The van der Waals surface area contributed by atoms with Crippen molar-refractivity contribution in [2.45, 2.75) is 6.42 Å². The lowest BCUT2D eigenvalue weighted by atomic mass is 10.3. The second-order valence-electron chi connectivity index (χ2n) is 4.45. The summed E-state index contributed by atoms with van der Waals surface area (Å²) in [7, 11) is 0. The van der Waals surface area contributed by atoms with Gasteiger partial charge in [-0.05, 0) is 12.1 Å². The van der Waals surface area contributed by atoms with Crippen LogP contribution in [0.5, 0.6) is 0 Å². The molecular formula is C13H14N2O3S2. The van der Waals surface area contributed by atoms with Crippen molar-refractivity contribution >= 4 is 33.8 Å². The number of hydrogen-bond donors (Lipinski definition) is 1. The fourth-order valence-electron chi connectivity index (χ4n) is 2.04. The number of nitrogens with zero attached hydrogens (tertiary/aromatic N) is 2. The number of carboxylic acids is 1. The Labute approximate surface area is 124 Å². The number of carboxylic acid groups (broad SMARTS) is 1. The van der Waals surface area contributed by atoms with Gasteiger partial charge in [0.15, 0.2) is 5.13 Å². The molecule has 106 valence electrons. The summed E-state index contributed by atoms with van der Waals surface area (Å²) in [6.45, 7) is 3.25. The number of hydrogen-bond acceptors (Lipinski definition) is 6. The summed E-state index contributed by atoms with van der Waals surface area (Å²) in [4.78, 5) is 19.5. The lowest BCUT2D eigenvalue weighted by molar-refractivity contribution is -0.136. The summed E-state index contributed by atoms with van der Waals surface area (Å²) in [5.41, 5.74) is 0.929. The van der Waals surface area contributed by atoms with Gasteiger partial charge in [-0.2, -0.15) is 0 Å². The second kappa shape index (κ2) is 5.90. The molecule has 3 rings (SSSR count). The standard InChI is InChI=1S/C13H14N2O3S2/c16-12(17)7-9-1-2-11(20-9)10-8-19-13(14-10)15-3-5-18-6-4-15/h1-2,8H,3-7H2,(H,16,17). The number of aliphatic carboxylic acids is 1. The number of thiophene rings is 1. The van der Waals surface area contributed by atoms with Crippen molar-refractivity contribution in [3.63, 3.8) is 0 Å². The number of ether oxygens (including phenoxy) is 1. The summed E-state index contributed by atoms with van der Waals surface area (Å²) in [5.74, 6) is -0.800. The highest BCUT2D eigenvalue weighted by Crippen LogP contribution is 2.32. The number of carbonyl (C=O) groups is 1. The van der Waals surface area contributed by atoms with E-state index >= 15 is 0 Å². The monoisotopic (exact) mass is 310 g/mol. The van der Waals surface area contributed by atoms with Gasteiger partial charge in [-0.15, -0.1) is 22.7 Å². The maximum atomic E-state index is 10.7. The first kappa shape index (κ1) is 13.5. The highest BCUT2D eigenvalue weighted by molar-refractivity contribution is 7.17. The lowest BCUT2D eigenvalue weighted by Gasteiger charge is -2.25. The Kier molecular flexibility index (Phi) is 4.00. The number of morpholine rings is 1. The van der Waals surface area contributed by atoms with Crippen LogP contribution in [0.25, 0.3) is 10.6 Å². The average Bonchev–Trinajstić information content (AvgIpc) is 3.07. The Balaban J connectivity index is 1.75. The van der Waals surface area contributed by atoms with E-state index < -0.39 is 5.97 Å². The van der Waals surface area contributed by atoms with E-state index in [-0.39, 0.29) is 6.42 Å². The van der Waals surface area contributed by atoms with Gasteiger partial charge in [-0.1, -0.05) is 0 Å². The summed E-state index contributed by atoms with van der Waals surface area (Å²) >= 11 is 3.12. The molecule has 0 atom stereocenters. The van der Waals surface area contributed by atoms with Gasteiger partial charge in [-0.25, -0.2) is 4.98 Å². The summed E-state index contributed by atoms with van der Waals surface area (Å²) in [6.07, 6.45) is 0.0745. The van der Waals surface area contributed by atoms with Crippen molar-refractivity contribution in [3.8, 4) is 10.6 Å². The van der Waals surface area contributed by atoms with Crippen LogP contribution >= 0.6 is 22.7 Å². The summed E-state index contributed by atoms with van der Waals surface area (Å²) in [6, 6.07) is 3.81. The van der Waals surface area contributed by atoms with Crippen LogP contribution in [-0.4, -0.2) is 42.4 Å². The van der Waals surface area contributed by atoms with Crippen molar-refractivity contribution in [2.75, 3.05) is 31.2 Å². The Morgan fingerprint density at radius 2 is 2.20 bits per heavy atom. The zero-order valence-corrected chi connectivity index (χ0v) is 12.4. The van der Waals surface area contributed by atoms with Crippen LogP contribution < -0.4 is 4.90 Å². The van der Waals surface area contributed by atoms with Crippen molar-refractivity contribution in [3.05, 3.63) is 22.4 Å². The largest absolute Gasteiger partial charge is 0.481 e. The van der Waals surface area contributed by atoms with E-state index in [2.05, 4.69) is 9.88 Å². The quantitative estimate of drug-likeness (QED) is 0.939. The molecule has 0 amide bonds. The van der Waals surface area contributed by atoms with Gasteiger partial charge in [0.05, 0.1) is 30.2 Å². The minimum absolute atomic E-state index is 0.0745. The molecule has 0 radical (unpaired) electrons. The first-order valence-corrected chi connectivity index (χ1v) is 8.01. The maximum Gasteiger partial charge on any atom is 0.308 e. The minimum Gasteiger partial charge on any atom is -0.481 e. The normalized spacial score (nSPS) is 15.5. The fourth-order valence-corrected chi connectivity index (χ4v) is 3.95. The van der Waals surface area contributed by atoms with Crippen molar-refractivity contribution in [1.29, 1.82) is 0 Å². The second-order valence-corrected chi connectivity index (χ2v) is 6.46. The van der Waals surface area contributed by atoms with E-state index in [1.807, 2.05) is 17.5 Å². The van der Waals surface area contributed by atoms with E-state index in [0.29, 0.717) is 0 Å². The third kappa shape index (κ3) is 3.00. The van der Waals surface area contributed by atoms with Gasteiger partial charge in [-0.3, -0.25) is 4.79 Å². The maximum absolute atomic E-state index is 10.7. The molecule has 0 saturated carbocycles. The number of rotatable bonds is 4. The van der Waals surface area contributed by atoms with E-state index in [9.17, 15) is 4.79 Å². The molecule has 1 fully saturated rings. The molecule has 3 heterocycles. The minimum atomic E-state index is -0.800. The van der Waals surface area contributed by atoms with Crippen LogP contribution in [0.1, 0.15) is 4.88 Å². The number of anilines is 1. The van der Waals surface area contributed by atoms with Gasteiger partial charge in [0.2, 0.25) is 0 Å². The average molecular weight is 310 g/mol. The van der Waals surface area contributed by atoms with Gasteiger partial charge in [0.1, 0.15) is 0 Å². The van der Waals surface area contributed by atoms with Gasteiger partial charge in [0.25, 0.3) is 0 Å². The third-order valence-electron chi connectivity index (χ3n) is 3.01. The molecular weight excluding hydrogens is 296 g/mol. The first-order valence-electron chi connectivity index (χ1n) is 6.31. The lowest BCUT2D eigenvalue weighted by Crippen LogP contribution is -2.36. The molecule has 2 aromatic rings. The molecule has 1 N–H and O–H groups in total. The molecule has 0 spiro atoms. The van der Waals surface area contributed by atoms with Gasteiger partial charge < -0.3 is 14.7 Å². The highest BCUT2D eigenvalue weighted by atomic mass is 32.1. The van der Waals surface area contributed by atoms with E-state index in [1.54, 1.807) is 11.3 Å². The van der Waals surface area contributed by atoms with E-state index in [0.717, 1.165) is 46.9 Å². The molecule has 0 bridgehead atoms.